The molecule has 0 heterocycles. The highest BCUT2D eigenvalue weighted by Crippen LogP contribution is 2.40. The van der Waals surface area contributed by atoms with Crippen LogP contribution in [0.15, 0.2) is 0 Å². The highest BCUT2D eigenvalue weighted by Gasteiger charge is 2.46. The Labute approximate surface area is 68.3 Å². The van der Waals surface area contributed by atoms with Crippen LogP contribution >= 0.6 is 31.9 Å². The summed E-state index contributed by atoms with van der Waals surface area (Å²) in [5.41, 5.74) is 0. The Morgan fingerprint density at radius 1 is 1.44 bits per heavy atom. The van der Waals surface area contributed by atoms with Crippen LogP contribution in [-0.2, 0) is 0 Å². The summed E-state index contributed by atoms with van der Waals surface area (Å²) < 4.78 is 22.5. The van der Waals surface area contributed by atoms with Crippen molar-refractivity contribution in [1.29, 1.82) is 5.26 Å². The molecule has 0 fully saturated rings. The monoisotopic (exact) mass is 261 g/mol. The third-order valence-electron chi connectivity index (χ3n) is 0.742. The highest BCUT2D eigenvalue weighted by molar-refractivity contribution is 9.12. The van der Waals surface area contributed by atoms with E-state index in [0.29, 0.717) is 0 Å². The van der Waals surface area contributed by atoms with Crippen molar-refractivity contribution in [2.75, 3.05) is 0 Å². The zero-order valence-electron chi connectivity index (χ0n) is 4.46. The van der Waals surface area contributed by atoms with Crippen LogP contribution in [0.5, 0.6) is 0 Å². The van der Waals surface area contributed by atoms with E-state index in [2.05, 4.69) is 31.9 Å². The zero-order chi connectivity index (χ0) is 7.71. The van der Waals surface area contributed by atoms with Gasteiger partial charge in [0.15, 0.2) is 4.32 Å². The minimum Gasteiger partial charge on any atom is -0.197 e. The molecule has 0 aromatic carbocycles. The van der Waals surface area contributed by atoms with E-state index in [1.807, 2.05) is 0 Å². The molecule has 0 aromatic heterocycles. The van der Waals surface area contributed by atoms with Crippen molar-refractivity contribution in [1.82, 2.24) is 0 Å². The molecule has 0 N–H and O–H groups in total. The number of halogens is 4. The Kier molecular flexibility index (Phi) is 2.59. The zero-order valence-corrected chi connectivity index (χ0v) is 7.63. The summed E-state index contributed by atoms with van der Waals surface area (Å²) >= 11 is 4.60. The topological polar surface area (TPSA) is 23.8 Å². The summed E-state index contributed by atoms with van der Waals surface area (Å²) in [6.07, 6.45) is 0. The van der Waals surface area contributed by atoms with Gasteiger partial charge in [-0.25, -0.2) is 0 Å². The number of hydrogen-bond acceptors (Lipinski definition) is 1. The van der Waals surface area contributed by atoms with Gasteiger partial charge >= 0.3 is 4.83 Å². The van der Waals surface area contributed by atoms with Gasteiger partial charge in [0.2, 0.25) is 0 Å². The van der Waals surface area contributed by atoms with E-state index in [1.165, 1.54) is 6.07 Å². The maximum Gasteiger partial charge on any atom is 0.329 e. The molecule has 52 valence electrons. The maximum atomic E-state index is 12.1. The second-order valence-corrected chi connectivity index (χ2v) is 4.19. The fourth-order valence-electron chi connectivity index (χ4n) is 0.0634. The van der Waals surface area contributed by atoms with Gasteiger partial charge < -0.3 is 0 Å². The molecule has 0 rings (SSSR count). The third kappa shape index (κ3) is 2.18. The van der Waals surface area contributed by atoms with Crippen molar-refractivity contribution in [3.63, 3.8) is 0 Å². The molecule has 1 nitrogen and oxygen atoms in total. The standard InChI is InChI=1S/C4H3Br2F2N/c1-3(5,2-9)4(6,7)8/h1H3/t3-/m1/s1. The summed E-state index contributed by atoms with van der Waals surface area (Å²) in [5, 5.41) is 8.12. The van der Waals surface area contributed by atoms with Gasteiger partial charge in [0.1, 0.15) is 0 Å². The molecule has 5 heteroatoms. The molecule has 0 saturated carbocycles. The van der Waals surface area contributed by atoms with Crippen molar-refractivity contribution in [3.05, 3.63) is 0 Å². The molecule has 0 saturated heterocycles. The van der Waals surface area contributed by atoms with Gasteiger partial charge in [0, 0.05) is 0 Å². The average Bonchev–Trinajstić information content (AvgIpc) is 1.64. The molecule has 0 aromatic rings. The lowest BCUT2D eigenvalue weighted by atomic mass is 10.2. The Balaban J connectivity index is 4.39. The second kappa shape index (κ2) is 2.51. The summed E-state index contributed by atoms with van der Waals surface area (Å²) in [6, 6.07) is 1.40. The smallest absolute Gasteiger partial charge is 0.197 e. The van der Waals surface area contributed by atoms with Gasteiger partial charge in [-0.05, 0) is 22.9 Å². The summed E-state index contributed by atoms with van der Waals surface area (Å²) in [6.45, 7) is 1.09. The highest BCUT2D eigenvalue weighted by atomic mass is 79.9. The van der Waals surface area contributed by atoms with Crippen molar-refractivity contribution in [3.8, 4) is 6.07 Å². The van der Waals surface area contributed by atoms with Crippen molar-refractivity contribution >= 4 is 31.9 Å². The molecule has 0 bridgehead atoms. The molecule has 0 unspecified atom stereocenters. The minimum absolute atomic E-state index is 1.09. The van der Waals surface area contributed by atoms with Gasteiger partial charge in [0.05, 0.1) is 6.07 Å². The normalized spacial score (nSPS) is 18.2. The van der Waals surface area contributed by atoms with E-state index in [0.717, 1.165) is 6.92 Å². The van der Waals surface area contributed by atoms with Gasteiger partial charge in [-0.15, -0.1) is 0 Å². The van der Waals surface area contributed by atoms with Crippen LogP contribution < -0.4 is 0 Å². The van der Waals surface area contributed by atoms with E-state index in [4.69, 9.17) is 5.26 Å². The van der Waals surface area contributed by atoms with Gasteiger partial charge in [-0.2, -0.15) is 14.0 Å². The van der Waals surface area contributed by atoms with Crippen LogP contribution in [0.1, 0.15) is 6.92 Å². The van der Waals surface area contributed by atoms with E-state index in [-0.39, 0.29) is 0 Å². The van der Waals surface area contributed by atoms with Gasteiger partial charge in [-0.1, -0.05) is 15.9 Å². The fraction of sp³-hybridized carbons (Fsp3) is 0.750. The Hall–Kier alpha value is 0.310. The maximum absolute atomic E-state index is 12.1. The first-order chi connectivity index (χ1) is 3.81. The first kappa shape index (κ1) is 9.31. The largest absolute Gasteiger partial charge is 0.329 e. The van der Waals surface area contributed by atoms with E-state index in [9.17, 15) is 8.78 Å². The molecular formula is C4H3Br2F2N. The molecule has 0 aliphatic heterocycles. The predicted molar refractivity (Wildman–Crippen MR) is 36.8 cm³/mol. The molecule has 1 atom stereocenters. The van der Waals surface area contributed by atoms with Crippen LogP contribution in [-0.4, -0.2) is 9.16 Å². The fourth-order valence-corrected chi connectivity index (χ4v) is 0.152. The molecule has 0 amide bonds. The Morgan fingerprint density at radius 3 is 1.78 bits per heavy atom. The average molecular weight is 263 g/mol. The molecular weight excluding hydrogens is 260 g/mol. The summed E-state index contributed by atoms with van der Waals surface area (Å²) in [7, 11) is 0. The Morgan fingerprint density at radius 2 is 1.78 bits per heavy atom. The SMILES string of the molecule is C[C@@](Br)(C#N)C(F)(F)Br. The molecule has 0 spiro atoms. The van der Waals surface area contributed by atoms with Crippen molar-refractivity contribution < 1.29 is 8.78 Å². The lowest BCUT2D eigenvalue weighted by Gasteiger charge is -2.18. The first-order valence-electron chi connectivity index (χ1n) is 1.98. The van der Waals surface area contributed by atoms with E-state index >= 15 is 0 Å². The molecule has 9 heavy (non-hydrogen) atoms. The van der Waals surface area contributed by atoms with Crippen molar-refractivity contribution in [2.24, 2.45) is 0 Å². The number of nitrogens with zero attached hydrogens (tertiary/aromatic N) is 1. The van der Waals surface area contributed by atoms with Crippen LogP contribution in [0.3, 0.4) is 0 Å². The summed E-state index contributed by atoms with van der Waals surface area (Å²) in [5.74, 6) is 0. The third-order valence-corrected chi connectivity index (χ3v) is 2.74. The molecule has 0 aliphatic rings. The molecule has 0 aliphatic carbocycles. The van der Waals surface area contributed by atoms with Crippen LogP contribution in [0.4, 0.5) is 8.78 Å². The minimum atomic E-state index is -3.19. The second-order valence-electron chi connectivity index (χ2n) is 1.61. The Bertz CT molecular complexity index is 144. The molecule has 0 radical (unpaired) electrons. The lowest BCUT2D eigenvalue weighted by Crippen LogP contribution is -2.32. The van der Waals surface area contributed by atoms with Gasteiger partial charge in [0.25, 0.3) is 0 Å². The number of hydrogen-bond donors (Lipinski definition) is 0. The quantitative estimate of drug-likeness (QED) is 0.667. The van der Waals surface area contributed by atoms with E-state index in [1.54, 1.807) is 0 Å². The number of rotatable bonds is 1. The predicted octanol–water partition coefficient (Wildman–Crippen LogP) is 2.65. The summed E-state index contributed by atoms with van der Waals surface area (Å²) in [4.78, 5) is -3.19. The van der Waals surface area contributed by atoms with Crippen LogP contribution in [0.2, 0.25) is 0 Å². The van der Waals surface area contributed by atoms with Crippen molar-refractivity contribution in [2.45, 2.75) is 16.1 Å². The van der Waals surface area contributed by atoms with Crippen LogP contribution in [0.25, 0.3) is 0 Å². The lowest BCUT2D eigenvalue weighted by molar-refractivity contribution is 0.0967. The van der Waals surface area contributed by atoms with Gasteiger partial charge in [-0.3, -0.25) is 0 Å². The van der Waals surface area contributed by atoms with E-state index < -0.39 is 9.16 Å². The first-order valence-corrected chi connectivity index (χ1v) is 3.57. The number of alkyl halides is 4. The van der Waals surface area contributed by atoms with Crippen LogP contribution in [0, 0.1) is 11.3 Å². The number of nitriles is 1.